The Labute approximate surface area is 182 Å². The molecule has 1 aromatic carbocycles. The molecule has 14 heteroatoms. The highest BCUT2D eigenvalue weighted by molar-refractivity contribution is 6.47. The molecule has 4 rings (SSSR count). The van der Waals surface area contributed by atoms with Crippen molar-refractivity contribution in [1.29, 1.82) is 0 Å². The van der Waals surface area contributed by atoms with Gasteiger partial charge in [-0.05, 0) is 28.5 Å². The summed E-state index contributed by atoms with van der Waals surface area (Å²) in [4.78, 5) is 24.1. The minimum absolute atomic E-state index is 0.0195. The Balaban J connectivity index is 1.40. The Kier molecular flexibility index (Phi) is 6.23. The smallest absolute Gasteiger partial charge is 0.526 e. The number of aromatic nitrogens is 7. The van der Waals surface area contributed by atoms with Gasteiger partial charge in [0.1, 0.15) is 17.2 Å². The van der Waals surface area contributed by atoms with Crippen LogP contribution in [0, 0.1) is 0 Å². The number of carbonyl (C=O) groups excluding carboxylic acids is 1. The average molecular weight is 440 g/mol. The van der Waals surface area contributed by atoms with Gasteiger partial charge in [-0.1, -0.05) is 17.3 Å². The number of carbonyl (C=O) groups is 2. The molecule has 0 unspecified atom stereocenters. The first-order valence-electron chi connectivity index (χ1n) is 10.00. The predicted molar refractivity (Wildman–Crippen MR) is 109 cm³/mol. The molecular formula is C18H21BN8O5. The van der Waals surface area contributed by atoms with Crippen LogP contribution in [0.5, 0.6) is 5.75 Å². The average Bonchev–Trinajstić information content (AvgIpc) is 3.38. The second-order valence-corrected chi connectivity index (χ2v) is 7.51. The summed E-state index contributed by atoms with van der Waals surface area (Å²) in [6.45, 7) is 1.23. The number of hydrogen-bond donors (Lipinski definition) is 3. The largest absolute Gasteiger partial charge is 0.535 e. The summed E-state index contributed by atoms with van der Waals surface area (Å²) in [6.07, 6.45) is 2.05. The number of rotatable bonds is 9. The van der Waals surface area contributed by atoms with Gasteiger partial charge in [0.15, 0.2) is 5.82 Å². The number of para-hydroxylation sites is 1. The number of ketones is 1. The van der Waals surface area contributed by atoms with Gasteiger partial charge in [0.05, 0.1) is 31.3 Å². The van der Waals surface area contributed by atoms with Gasteiger partial charge < -0.3 is 20.5 Å². The maximum absolute atomic E-state index is 12.7. The van der Waals surface area contributed by atoms with Gasteiger partial charge in [-0.15, -0.1) is 10.2 Å². The fourth-order valence-corrected chi connectivity index (χ4v) is 3.65. The van der Waals surface area contributed by atoms with E-state index in [0.29, 0.717) is 36.6 Å². The monoisotopic (exact) mass is 440 g/mol. The molecule has 2 aromatic heterocycles. The Morgan fingerprint density at radius 1 is 1.28 bits per heavy atom. The first kappa shape index (κ1) is 21.6. The van der Waals surface area contributed by atoms with E-state index in [0.717, 1.165) is 0 Å². The minimum Gasteiger partial charge on any atom is -0.535 e. The fraction of sp³-hybridized carbons (Fsp3) is 0.389. The number of hydrogen-bond acceptors (Lipinski definition) is 10. The summed E-state index contributed by atoms with van der Waals surface area (Å²) in [5.41, 5.74) is 6.75. The second-order valence-electron chi connectivity index (χ2n) is 7.51. The number of tetrazole rings is 1. The van der Waals surface area contributed by atoms with E-state index >= 15 is 0 Å². The summed E-state index contributed by atoms with van der Waals surface area (Å²) in [6, 6.07) is 4.75. The molecule has 0 saturated heterocycles. The van der Waals surface area contributed by atoms with Crippen molar-refractivity contribution in [2.45, 2.75) is 38.2 Å². The SMILES string of the molecule is NCCn1cc(Cn2nnnc2CC(=O)C[C@H]2Cc3cccc(C(=O)O)c3OB2O)nn1. The Morgan fingerprint density at radius 3 is 2.91 bits per heavy atom. The van der Waals surface area contributed by atoms with E-state index in [1.165, 1.54) is 10.7 Å². The van der Waals surface area contributed by atoms with E-state index in [4.69, 9.17) is 10.4 Å². The third-order valence-electron chi connectivity index (χ3n) is 5.16. The van der Waals surface area contributed by atoms with Crippen molar-refractivity contribution in [2.24, 2.45) is 5.73 Å². The molecule has 0 amide bonds. The van der Waals surface area contributed by atoms with Crippen LogP contribution < -0.4 is 10.4 Å². The highest BCUT2D eigenvalue weighted by Gasteiger charge is 2.37. The van der Waals surface area contributed by atoms with Gasteiger partial charge >= 0.3 is 13.1 Å². The van der Waals surface area contributed by atoms with Crippen LogP contribution in [-0.4, -0.2) is 70.7 Å². The summed E-state index contributed by atoms with van der Waals surface area (Å²) in [5.74, 6) is -1.33. The maximum Gasteiger partial charge on any atom is 0.526 e. The molecule has 0 radical (unpaired) electrons. The van der Waals surface area contributed by atoms with Gasteiger partial charge in [0.25, 0.3) is 0 Å². The lowest BCUT2D eigenvalue weighted by molar-refractivity contribution is -0.118. The van der Waals surface area contributed by atoms with E-state index in [1.807, 2.05) is 0 Å². The highest BCUT2D eigenvalue weighted by atomic mass is 16.5. The number of nitrogens with zero attached hydrogens (tertiary/aromatic N) is 7. The van der Waals surface area contributed by atoms with E-state index in [2.05, 4.69) is 25.8 Å². The van der Waals surface area contributed by atoms with Crippen LogP contribution in [0.2, 0.25) is 5.82 Å². The van der Waals surface area contributed by atoms with Crippen molar-refractivity contribution in [3.05, 3.63) is 47.0 Å². The fourth-order valence-electron chi connectivity index (χ4n) is 3.65. The number of fused-ring (bicyclic) bond motifs is 1. The first-order chi connectivity index (χ1) is 15.4. The van der Waals surface area contributed by atoms with E-state index in [-0.39, 0.29) is 36.5 Å². The topological polar surface area (TPSA) is 184 Å². The normalized spacial score (nSPS) is 15.3. The van der Waals surface area contributed by atoms with Crippen molar-refractivity contribution >= 4 is 18.9 Å². The van der Waals surface area contributed by atoms with Gasteiger partial charge in [-0.25, -0.2) is 9.48 Å². The molecular weight excluding hydrogens is 419 g/mol. The minimum atomic E-state index is -1.29. The summed E-state index contributed by atoms with van der Waals surface area (Å²) in [7, 11) is -1.29. The number of Topliss-reactive ketones (excluding diaryl/α,β-unsaturated/α-hetero) is 1. The molecule has 1 aliphatic heterocycles. The first-order valence-corrected chi connectivity index (χ1v) is 10.00. The molecule has 0 fully saturated rings. The second kappa shape index (κ2) is 9.24. The highest BCUT2D eigenvalue weighted by Crippen LogP contribution is 2.36. The number of nitrogens with two attached hydrogens (primary N) is 1. The van der Waals surface area contributed by atoms with Crippen LogP contribution in [0.25, 0.3) is 0 Å². The zero-order chi connectivity index (χ0) is 22.7. The lowest BCUT2D eigenvalue weighted by Crippen LogP contribution is -2.36. The molecule has 4 N–H and O–H groups in total. The molecule has 0 saturated carbocycles. The van der Waals surface area contributed by atoms with Crippen LogP contribution in [0.1, 0.15) is 33.9 Å². The van der Waals surface area contributed by atoms with Gasteiger partial charge in [-0.3, -0.25) is 9.48 Å². The zero-order valence-electron chi connectivity index (χ0n) is 17.0. The lowest BCUT2D eigenvalue weighted by Gasteiger charge is -2.27. The third-order valence-corrected chi connectivity index (χ3v) is 5.16. The number of carboxylic acids is 1. The standard InChI is InChI=1S/C18H21BN8O5/c20-4-5-26-9-13(21-24-26)10-27-16(22-23-25-27)8-14(28)7-12-6-11-2-1-3-15(18(29)30)17(11)32-19(12)31/h1-3,9,12,31H,4-8,10,20H2,(H,29,30)/t12-/m1/s1. The Hall–Kier alpha value is -3.65. The number of benzene rings is 1. The van der Waals surface area contributed by atoms with Gasteiger partial charge in [0, 0.05) is 18.8 Å². The molecule has 3 heterocycles. The van der Waals surface area contributed by atoms with Crippen LogP contribution >= 0.6 is 0 Å². The van der Waals surface area contributed by atoms with Crippen LogP contribution in [0.3, 0.4) is 0 Å². The molecule has 0 spiro atoms. The van der Waals surface area contributed by atoms with E-state index in [1.54, 1.807) is 23.0 Å². The van der Waals surface area contributed by atoms with E-state index in [9.17, 15) is 19.7 Å². The van der Waals surface area contributed by atoms with Crippen LogP contribution in [0.15, 0.2) is 24.4 Å². The summed E-state index contributed by atoms with van der Waals surface area (Å²) >= 11 is 0. The van der Waals surface area contributed by atoms with Crippen molar-refractivity contribution in [1.82, 2.24) is 35.2 Å². The quantitative estimate of drug-likeness (QED) is 0.345. The molecule has 166 valence electrons. The molecule has 13 nitrogen and oxygen atoms in total. The lowest BCUT2D eigenvalue weighted by atomic mass is 9.64. The van der Waals surface area contributed by atoms with Gasteiger partial charge in [0.2, 0.25) is 0 Å². The summed E-state index contributed by atoms with van der Waals surface area (Å²) in [5, 5.41) is 39.1. The Morgan fingerprint density at radius 2 is 2.12 bits per heavy atom. The van der Waals surface area contributed by atoms with Crippen molar-refractivity contribution in [3.8, 4) is 5.75 Å². The van der Waals surface area contributed by atoms with Crippen LogP contribution in [0.4, 0.5) is 0 Å². The predicted octanol–water partition coefficient (Wildman–Crippen LogP) is -1.04. The zero-order valence-corrected chi connectivity index (χ0v) is 17.0. The van der Waals surface area contributed by atoms with Gasteiger partial charge in [-0.2, -0.15) is 0 Å². The Bertz CT molecular complexity index is 1130. The van der Waals surface area contributed by atoms with Crippen molar-refractivity contribution in [3.63, 3.8) is 0 Å². The van der Waals surface area contributed by atoms with E-state index < -0.39 is 18.9 Å². The van der Waals surface area contributed by atoms with Crippen molar-refractivity contribution < 1.29 is 24.4 Å². The third kappa shape index (κ3) is 4.65. The molecule has 0 aliphatic carbocycles. The molecule has 0 bridgehead atoms. The van der Waals surface area contributed by atoms with Crippen molar-refractivity contribution in [2.75, 3.05) is 6.54 Å². The molecule has 1 atom stereocenters. The molecule has 32 heavy (non-hydrogen) atoms. The maximum atomic E-state index is 12.7. The molecule has 3 aromatic rings. The van der Waals surface area contributed by atoms with Crippen LogP contribution in [-0.2, 0) is 30.7 Å². The number of aromatic carboxylic acids is 1. The summed E-state index contributed by atoms with van der Waals surface area (Å²) < 4.78 is 8.53. The number of carboxylic acid groups (broad SMARTS) is 1. The molecule has 1 aliphatic rings.